The number of hydrogen-bond donors (Lipinski definition) is 1. The van der Waals surface area contributed by atoms with Gasteiger partial charge in [0, 0.05) is 19.6 Å². The third-order valence-electron chi connectivity index (χ3n) is 3.39. The summed E-state index contributed by atoms with van der Waals surface area (Å²) in [6.07, 6.45) is -0.475. The average molecular weight is 338 g/mol. The second-order valence-corrected chi connectivity index (χ2v) is 7.47. The molecule has 0 aromatic heterocycles. The number of hydrogen-bond acceptors (Lipinski definition) is 3. The second-order valence-electron chi connectivity index (χ2n) is 5.21. The van der Waals surface area contributed by atoms with E-state index in [0.29, 0.717) is 0 Å². The molecule has 1 N–H and O–H groups in total. The second kappa shape index (κ2) is 7.73. The lowest BCUT2D eigenvalue weighted by Gasteiger charge is -2.13. The van der Waals surface area contributed by atoms with E-state index in [4.69, 9.17) is 0 Å². The van der Waals surface area contributed by atoms with Gasteiger partial charge < -0.3 is 5.11 Å². The minimum Gasteiger partial charge on any atom is -0.389 e. The lowest BCUT2D eigenvalue weighted by molar-refractivity contribution is 0.196. The van der Waals surface area contributed by atoms with E-state index in [1.165, 1.54) is 14.7 Å². The summed E-state index contributed by atoms with van der Waals surface area (Å²) in [6, 6.07) is 26.9. The molecule has 3 heteroatoms. The molecule has 1 unspecified atom stereocenters. The molecule has 0 bridgehead atoms. The molecule has 0 amide bonds. The fourth-order valence-electron chi connectivity index (χ4n) is 2.25. The van der Waals surface area contributed by atoms with Crippen molar-refractivity contribution in [1.29, 1.82) is 0 Å². The highest BCUT2D eigenvalue weighted by molar-refractivity contribution is 8.00. The van der Waals surface area contributed by atoms with Crippen LogP contribution in [-0.2, 0) is 0 Å². The van der Waals surface area contributed by atoms with Gasteiger partial charge in [-0.3, -0.25) is 0 Å². The highest BCUT2D eigenvalue weighted by Crippen LogP contribution is 2.37. The number of rotatable bonds is 5. The Morgan fingerprint density at radius 2 is 1.26 bits per heavy atom. The molecule has 3 aromatic rings. The Balaban J connectivity index is 1.90. The van der Waals surface area contributed by atoms with Crippen LogP contribution >= 0.6 is 23.5 Å². The largest absolute Gasteiger partial charge is 0.389 e. The molecular formula is C20H18OS2. The Bertz CT molecular complexity index is 755. The quantitative estimate of drug-likeness (QED) is 0.612. The van der Waals surface area contributed by atoms with Gasteiger partial charge in [-0.2, -0.15) is 0 Å². The van der Waals surface area contributed by atoms with Gasteiger partial charge >= 0.3 is 0 Å². The number of aliphatic hydroxyl groups is 1. The lowest BCUT2D eigenvalue weighted by atomic mass is 10.1. The van der Waals surface area contributed by atoms with Crippen molar-refractivity contribution >= 4 is 23.5 Å². The molecule has 0 aliphatic carbocycles. The fourth-order valence-corrected chi connectivity index (χ4v) is 4.29. The van der Waals surface area contributed by atoms with Crippen LogP contribution in [-0.4, -0.2) is 5.11 Å². The molecule has 3 rings (SSSR count). The molecule has 23 heavy (non-hydrogen) atoms. The first-order valence-electron chi connectivity index (χ1n) is 7.50. The lowest BCUT2D eigenvalue weighted by Crippen LogP contribution is -1.94. The Kier molecular flexibility index (Phi) is 5.44. The zero-order chi connectivity index (χ0) is 16.1. The van der Waals surface area contributed by atoms with E-state index in [1.807, 2.05) is 49.4 Å². The summed E-state index contributed by atoms with van der Waals surface area (Å²) in [4.78, 5) is 4.68. The first-order valence-corrected chi connectivity index (χ1v) is 9.13. The molecule has 0 heterocycles. The van der Waals surface area contributed by atoms with Crippen LogP contribution in [0.25, 0.3) is 0 Å². The van der Waals surface area contributed by atoms with E-state index in [1.54, 1.807) is 23.5 Å². The van der Waals surface area contributed by atoms with Gasteiger partial charge in [0.25, 0.3) is 0 Å². The van der Waals surface area contributed by atoms with Gasteiger partial charge in [0.1, 0.15) is 0 Å². The van der Waals surface area contributed by atoms with Crippen molar-refractivity contribution in [2.75, 3.05) is 0 Å². The predicted molar refractivity (Wildman–Crippen MR) is 98.2 cm³/mol. The maximum Gasteiger partial charge on any atom is 0.0772 e. The summed E-state index contributed by atoms with van der Waals surface area (Å²) < 4.78 is 0. The molecule has 3 aromatic carbocycles. The Labute approximate surface area is 145 Å². The fraction of sp³-hybridized carbons (Fsp3) is 0.100. The smallest absolute Gasteiger partial charge is 0.0772 e. The molecule has 0 saturated carbocycles. The summed E-state index contributed by atoms with van der Waals surface area (Å²) in [5, 5.41) is 10.0. The van der Waals surface area contributed by atoms with Gasteiger partial charge in [0.15, 0.2) is 0 Å². The molecule has 0 aliphatic rings. The summed E-state index contributed by atoms with van der Waals surface area (Å²) >= 11 is 3.43. The van der Waals surface area contributed by atoms with Gasteiger partial charge in [-0.25, -0.2) is 0 Å². The Morgan fingerprint density at radius 3 is 1.83 bits per heavy atom. The summed E-state index contributed by atoms with van der Waals surface area (Å²) in [6.45, 7) is 1.81. The Hall–Kier alpha value is -1.68. The third-order valence-corrected chi connectivity index (χ3v) is 5.46. The van der Waals surface area contributed by atoms with Crippen LogP contribution in [0.4, 0.5) is 0 Å². The molecule has 0 aliphatic heterocycles. The van der Waals surface area contributed by atoms with Gasteiger partial charge in [-0.05, 0) is 48.9 Å². The predicted octanol–water partition coefficient (Wildman–Crippen LogP) is 6.04. The van der Waals surface area contributed by atoms with Gasteiger partial charge in [-0.15, -0.1) is 0 Å². The van der Waals surface area contributed by atoms with Crippen LogP contribution in [0.1, 0.15) is 18.6 Å². The topological polar surface area (TPSA) is 20.2 Å². The van der Waals surface area contributed by atoms with Crippen LogP contribution in [0.15, 0.2) is 98.4 Å². The van der Waals surface area contributed by atoms with E-state index in [-0.39, 0.29) is 0 Å². The molecular weight excluding hydrogens is 320 g/mol. The van der Waals surface area contributed by atoms with Crippen molar-refractivity contribution in [2.24, 2.45) is 0 Å². The molecule has 0 spiro atoms. The van der Waals surface area contributed by atoms with Crippen LogP contribution in [0.3, 0.4) is 0 Å². The minimum atomic E-state index is -0.475. The highest BCUT2D eigenvalue weighted by Gasteiger charge is 2.11. The molecule has 0 radical (unpaired) electrons. The average Bonchev–Trinajstić information content (AvgIpc) is 2.57. The van der Waals surface area contributed by atoms with Gasteiger partial charge in [0.05, 0.1) is 6.10 Å². The van der Waals surface area contributed by atoms with E-state index < -0.39 is 6.10 Å². The Morgan fingerprint density at radius 1 is 0.696 bits per heavy atom. The van der Waals surface area contributed by atoms with Crippen molar-refractivity contribution in [3.63, 3.8) is 0 Å². The molecule has 1 nitrogen and oxygen atoms in total. The number of aliphatic hydroxyl groups excluding tert-OH is 1. The minimum absolute atomic E-state index is 0.475. The van der Waals surface area contributed by atoms with Crippen LogP contribution in [0.5, 0.6) is 0 Å². The molecule has 0 saturated heterocycles. The van der Waals surface area contributed by atoms with Crippen LogP contribution in [0, 0.1) is 0 Å². The molecule has 0 fully saturated rings. The summed E-state index contributed by atoms with van der Waals surface area (Å²) in [5.74, 6) is 0. The zero-order valence-electron chi connectivity index (χ0n) is 12.8. The molecule has 116 valence electrons. The maximum absolute atomic E-state index is 10.0. The van der Waals surface area contributed by atoms with E-state index >= 15 is 0 Å². The van der Waals surface area contributed by atoms with E-state index in [0.717, 1.165) is 10.5 Å². The van der Waals surface area contributed by atoms with Crippen molar-refractivity contribution in [2.45, 2.75) is 32.6 Å². The van der Waals surface area contributed by atoms with E-state index in [2.05, 4.69) is 36.4 Å². The van der Waals surface area contributed by atoms with Crippen molar-refractivity contribution < 1.29 is 5.11 Å². The van der Waals surface area contributed by atoms with Crippen molar-refractivity contribution in [1.82, 2.24) is 0 Å². The third kappa shape index (κ3) is 4.41. The van der Waals surface area contributed by atoms with Crippen LogP contribution in [0.2, 0.25) is 0 Å². The van der Waals surface area contributed by atoms with Crippen molar-refractivity contribution in [3.05, 3.63) is 84.4 Å². The number of benzene rings is 3. The monoisotopic (exact) mass is 338 g/mol. The normalized spacial score (nSPS) is 12.1. The maximum atomic E-state index is 10.0. The SMILES string of the molecule is CC(O)c1ccc(Sc2ccccc2)cc1Sc1ccccc1. The van der Waals surface area contributed by atoms with Crippen LogP contribution < -0.4 is 0 Å². The van der Waals surface area contributed by atoms with E-state index in [9.17, 15) is 5.11 Å². The summed E-state index contributed by atoms with van der Waals surface area (Å²) in [5.41, 5.74) is 0.969. The highest BCUT2D eigenvalue weighted by atomic mass is 32.2. The van der Waals surface area contributed by atoms with Crippen molar-refractivity contribution in [3.8, 4) is 0 Å². The first-order chi connectivity index (χ1) is 11.2. The first kappa shape index (κ1) is 16.2. The van der Waals surface area contributed by atoms with Gasteiger partial charge in [0.2, 0.25) is 0 Å². The standard InChI is InChI=1S/C20H18OS2/c1-15(21)19-13-12-18(22-16-8-4-2-5-9-16)14-20(19)23-17-10-6-3-7-11-17/h2-15,21H,1H3. The molecule has 1 atom stereocenters. The summed E-state index contributed by atoms with van der Waals surface area (Å²) in [7, 11) is 0. The van der Waals surface area contributed by atoms with Gasteiger partial charge in [-0.1, -0.05) is 66.0 Å². The zero-order valence-corrected chi connectivity index (χ0v) is 14.5.